The number of hydrogen-bond acceptors (Lipinski definition) is 8. The normalized spacial score (nSPS) is 28.4. The van der Waals surface area contributed by atoms with E-state index in [2.05, 4.69) is 26.2 Å². The van der Waals surface area contributed by atoms with Crippen molar-refractivity contribution in [3.63, 3.8) is 0 Å². The summed E-state index contributed by atoms with van der Waals surface area (Å²) in [4.78, 5) is 68.2. The quantitative estimate of drug-likeness (QED) is 0.316. The van der Waals surface area contributed by atoms with Gasteiger partial charge in [0.25, 0.3) is 5.91 Å². The highest BCUT2D eigenvalue weighted by atomic mass is 79.9. The Morgan fingerprint density at radius 1 is 1.09 bits per heavy atom. The van der Waals surface area contributed by atoms with Crippen molar-refractivity contribution in [1.29, 1.82) is 0 Å². The summed E-state index contributed by atoms with van der Waals surface area (Å²) in [5.74, 6) is -3.75. The number of fused-ring (bicyclic) bond motifs is 9. The fourth-order valence-corrected chi connectivity index (χ4v) is 10.8. The molecular formula is C30H26BrN3O7S2. The Morgan fingerprint density at radius 2 is 1.81 bits per heavy atom. The number of aliphatic carboxylic acids is 1. The van der Waals surface area contributed by atoms with Crippen LogP contribution in [0.1, 0.15) is 28.3 Å². The van der Waals surface area contributed by atoms with Gasteiger partial charge >= 0.3 is 10.8 Å². The van der Waals surface area contributed by atoms with Crippen molar-refractivity contribution in [3.05, 3.63) is 72.6 Å². The number of thioether (sulfide) groups is 1. The Labute approximate surface area is 262 Å². The first-order chi connectivity index (χ1) is 20.6. The standard InChI is InChI=1S/C30H26BrN3O7S2/c1-12-2-5-14(6-3-12)32-19(35)11-41-18-7-4-13(31)8-15(18)21-22-16-9-17(25(22)42-27-26(21)43-30(40)33-27)24-23(16)28(38)34(29(24)39)10-20(36)37/h2-8,16-17,21-25H,9-11H2,1H3,(H,32,35)(H,33,40)(H,36,37)/t16?,17?,21-,22?,23?,24?,25?/m1/s1. The van der Waals surface area contributed by atoms with E-state index in [4.69, 9.17) is 4.74 Å². The Bertz CT molecular complexity index is 1740. The maximum atomic E-state index is 13.5. The van der Waals surface area contributed by atoms with Crippen molar-refractivity contribution in [2.24, 2.45) is 29.6 Å². The number of rotatable bonds is 7. The van der Waals surface area contributed by atoms with Crippen LogP contribution in [0.3, 0.4) is 0 Å². The Balaban J connectivity index is 1.23. The minimum atomic E-state index is -1.22. The van der Waals surface area contributed by atoms with Crippen LogP contribution in [-0.4, -0.2) is 57.1 Å². The predicted molar refractivity (Wildman–Crippen MR) is 162 cm³/mol. The topological polar surface area (TPSA) is 146 Å². The molecule has 2 aromatic carbocycles. The first-order valence-corrected chi connectivity index (χ1v) is 16.3. The molecule has 3 N–H and O–H groups in total. The van der Waals surface area contributed by atoms with Gasteiger partial charge in [-0.05, 0) is 61.4 Å². The zero-order valence-corrected chi connectivity index (χ0v) is 26.0. The van der Waals surface area contributed by atoms with Crippen molar-refractivity contribution in [1.82, 2.24) is 9.88 Å². The number of aromatic nitrogens is 1. The second-order valence-electron chi connectivity index (χ2n) is 11.5. The van der Waals surface area contributed by atoms with Gasteiger partial charge in [-0.15, -0.1) is 11.8 Å². The van der Waals surface area contributed by atoms with Gasteiger partial charge in [-0.1, -0.05) is 45.0 Å². The van der Waals surface area contributed by atoms with Gasteiger partial charge in [-0.2, -0.15) is 0 Å². The molecule has 2 saturated carbocycles. The average molecular weight is 685 g/mol. The number of anilines is 1. The molecule has 0 spiro atoms. The number of ether oxygens (including phenoxy) is 1. The monoisotopic (exact) mass is 683 g/mol. The molecule has 7 atom stereocenters. The predicted octanol–water partition coefficient (Wildman–Crippen LogP) is 4.08. The summed E-state index contributed by atoms with van der Waals surface area (Å²) in [6.45, 7) is 1.10. The summed E-state index contributed by atoms with van der Waals surface area (Å²) in [6.07, 6.45) is 0.675. The lowest BCUT2D eigenvalue weighted by molar-refractivity contribution is -0.149. The number of carboxylic acid groups (broad SMARTS) is 1. The van der Waals surface area contributed by atoms with Gasteiger partial charge in [0.1, 0.15) is 12.3 Å². The molecule has 3 aromatic rings. The number of benzene rings is 2. The van der Waals surface area contributed by atoms with E-state index in [9.17, 15) is 29.1 Å². The van der Waals surface area contributed by atoms with Crippen LogP contribution in [0.25, 0.3) is 0 Å². The molecule has 2 bridgehead atoms. The van der Waals surface area contributed by atoms with Crippen molar-refractivity contribution in [3.8, 4) is 5.75 Å². The van der Waals surface area contributed by atoms with Gasteiger partial charge in [-0.3, -0.25) is 28.9 Å². The number of nitrogens with one attached hydrogen (secondary N) is 2. The summed E-state index contributed by atoms with van der Waals surface area (Å²) in [5.41, 5.74) is 2.52. The number of imide groups is 1. The number of thiazole rings is 1. The number of aromatic amines is 1. The van der Waals surface area contributed by atoms with Crippen LogP contribution >= 0.6 is 39.0 Å². The van der Waals surface area contributed by atoms with Crippen LogP contribution in [0, 0.1) is 36.5 Å². The Kier molecular flexibility index (Phi) is 7.01. The number of halogens is 1. The van der Waals surface area contributed by atoms with Gasteiger partial charge < -0.3 is 20.1 Å². The molecule has 7 rings (SSSR count). The molecule has 13 heteroatoms. The third-order valence-electron chi connectivity index (χ3n) is 9.11. The van der Waals surface area contributed by atoms with Gasteiger partial charge in [0.05, 0.1) is 16.9 Å². The molecule has 3 heterocycles. The zero-order chi connectivity index (χ0) is 30.2. The summed E-state index contributed by atoms with van der Waals surface area (Å²) < 4.78 is 6.91. The molecular weight excluding hydrogens is 658 g/mol. The van der Waals surface area contributed by atoms with Gasteiger partial charge in [0.15, 0.2) is 6.61 Å². The molecule has 2 aliphatic heterocycles. The van der Waals surface area contributed by atoms with Crippen LogP contribution in [0.15, 0.2) is 56.8 Å². The molecule has 3 amide bonds. The highest BCUT2D eigenvalue weighted by Crippen LogP contribution is 2.69. The highest BCUT2D eigenvalue weighted by molar-refractivity contribution is 9.10. The number of H-pyrrole nitrogens is 1. The number of hydrogen-bond donors (Lipinski definition) is 3. The maximum Gasteiger partial charge on any atom is 0.323 e. The van der Waals surface area contributed by atoms with Gasteiger partial charge in [0.2, 0.25) is 11.8 Å². The lowest BCUT2D eigenvalue weighted by atomic mass is 9.68. The van der Waals surface area contributed by atoms with Crippen molar-refractivity contribution < 1.29 is 29.0 Å². The smallest absolute Gasteiger partial charge is 0.323 e. The zero-order valence-electron chi connectivity index (χ0n) is 22.7. The van der Waals surface area contributed by atoms with E-state index in [0.29, 0.717) is 17.9 Å². The second kappa shape index (κ2) is 10.6. The van der Waals surface area contributed by atoms with Crippen LogP contribution < -0.4 is 14.9 Å². The molecule has 3 fully saturated rings. The SMILES string of the molecule is Cc1ccc(NC(=O)COc2ccc(Br)cc2[C@H]2c3sc(=O)[nH]c3SC3C4CC(C5C(=O)N(CC(=O)O)C(=O)C45)C32)cc1. The van der Waals surface area contributed by atoms with E-state index in [1.807, 2.05) is 43.3 Å². The van der Waals surface area contributed by atoms with E-state index >= 15 is 0 Å². The van der Waals surface area contributed by atoms with Crippen molar-refractivity contribution in [2.45, 2.75) is 29.5 Å². The molecule has 6 unspecified atom stereocenters. The maximum absolute atomic E-state index is 13.5. The minimum Gasteiger partial charge on any atom is -0.483 e. The number of carbonyl (C=O) groups is 4. The summed E-state index contributed by atoms with van der Waals surface area (Å²) in [7, 11) is 0. The fourth-order valence-electron chi connectivity index (χ4n) is 7.59. The van der Waals surface area contributed by atoms with Crippen LogP contribution in [0.5, 0.6) is 5.75 Å². The average Bonchev–Trinajstić information content (AvgIpc) is 3.69. The fraction of sp³-hybridized carbons (Fsp3) is 0.367. The lowest BCUT2D eigenvalue weighted by Gasteiger charge is -2.43. The number of carbonyl (C=O) groups excluding carboxylic acids is 3. The van der Waals surface area contributed by atoms with Crippen molar-refractivity contribution in [2.75, 3.05) is 18.5 Å². The molecule has 222 valence electrons. The highest BCUT2D eigenvalue weighted by Gasteiger charge is 2.69. The minimum absolute atomic E-state index is 0.0628. The van der Waals surface area contributed by atoms with Crippen LogP contribution in [0.4, 0.5) is 5.69 Å². The largest absolute Gasteiger partial charge is 0.483 e. The van der Waals surface area contributed by atoms with E-state index in [-0.39, 0.29) is 46.3 Å². The Morgan fingerprint density at radius 3 is 2.53 bits per heavy atom. The summed E-state index contributed by atoms with van der Waals surface area (Å²) in [5, 5.41) is 12.9. The van der Waals surface area contributed by atoms with E-state index in [0.717, 1.165) is 41.7 Å². The number of amides is 3. The van der Waals surface area contributed by atoms with Crippen LogP contribution in [-0.2, 0) is 19.2 Å². The van der Waals surface area contributed by atoms with Gasteiger partial charge in [0, 0.05) is 31.8 Å². The van der Waals surface area contributed by atoms with E-state index in [1.54, 1.807) is 17.8 Å². The molecule has 10 nitrogen and oxygen atoms in total. The molecule has 1 aromatic heterocycles. The summed E-state index contributed by atoms with van der Waals surface area (Å²) >= 11 is 6.25. The number of carboxylic acids is 1. The number of aryl methyl sites for hydroxylation is 1. The molecule has 43 heavy (non-hydrogen) atoms. The number of nitrogens with zero attached hydrogens (tertiary/aromatic N) is 1. The second-order valence-corrected chi connectivity index (χ2v) is 14.6. The van der Waals surface area contributed by atoms with Gasteiger partial charge in [-0.25, -0.2) is 0 Å². The molecule has 2 aliphatic carbocycles. The Hall–Kier alpha value is -3.42. The van der Waals surface area contributed by atoms with Crippen LogP contribution in [0.2, 0.25) is 0 Å². The molecule has 4 aliphatic rings. The first kappa shape index (κ1) is 28.4. The third kappa shape index (κ3) is 4.72. The van der Waals surface area contributed by atoms with E-state index in [1.165, 1.54) is 0 Å². The van der Waals surface area contributed by atoms with Crippen molar-refractivity contribution >= 4 is 68.4 Å². The lowest BCUT2D eigenvalue weighted by Crippen LogP contribution is -2.42. The molecule has 1 saturated heterocycles. The first-order valence-electron chi connectivity index (χ1n) is 13.9. The summed E-state index contributed by atoms with van der Waals surface area (Å²) in [6, 6.07) is 13.0. The molecule has 0 radical (unpaired) electrons. The third-order valence-corrected chi connectivity index (χ3v) is 12.2. The number of likely N-dealkylation sites (tertiary alicyclic amines) is 1. The van der Waals surface area contributed by atoms with E-state index < -0.39 is 36.2 Å².